The summed E-state index contributed by atoms with van der Waals surface area (Å²) in [6.07, 6.45) is 3.12. The third kappa shape index (κ3) is 5.94. The van der Waals surface area contributed by atoms with E-state index < -0.39 is 0 Å². The third-order valence-corrected chi connectivity index (χ3v) is 6.19. The van der Waals surface area contributed by atoms with Crippen molar-refractivity contribution in [3.05, 3.63) is 59.7 Å². The molecule has 0 spiro atoms. The number of nitrogens with one attached hydrogen (secondary N) is 2. The molecule has 0 amide bonds. The van der Waals surface area contributed by atoms with Gasteiger partial charge in [-0.1, -0.05) is 42.5 Å². The van der Waals surface area contributed by atoms with Gasteiger partial charge in [0.25, 0.3) is 0 Å². The summed E-state index contributed by atoms with van der Waals surface area (Å²) in [7, 11) is 0. The van der Waals surface area contributed by atoms with Crippen molar-refractivity contribution in [3.63, 3.8) is 0 Å². The highest BCUT2D eigenvalue weighted by Gasteiger charge is 2.26. The van der Waals surface area contributed by atoms with Crippen molar-refractivity contribution in [3.8, 4) is 11.5 Å². The number of nitrogens with zero attached hydrogens (tertiary/aromatic N) is 2. The van der Waals surface area contributed by atoms with Crippen molar-refractivity contribution in [2.24, 2.45) is 4.99 Å². The van der Waals surface area contributed by atoms with Crippen LogP contribution in [0.4, 0.5) is 0 Å². The van der Waals surface area contributed by atoms with Crippen LogP contribution in [0.25, 0.3) is 0 Å². The van der Waals surface area contributed by atoms with E-state index >= 15 is 0 Å². The highest BCUT2D eigenvalue weighted by atomic mass is 16.5. The number of benzene rings is 2. The number of hydrogen-bond acceptors (Lipinski definition) is 4. The molecular formula is C26H36N4O2. The Morgan fingerprint density at radius 3 is 2.75 bits per heavy atom. The molecule has 1 saturated heterocycles. The number of ether oxygens (including phenoxy) is 2. The lowest BCUT2D eigenvalue weighted by molar-refractivity contribution is 0.134. The van der Waals surface area contributed by atoms with Gasteiger partial charge < -0.3 is 20.1 Å². The predicted molar refractivity (Wildman–Crippen MR) is 129 cm³/mol. The minimum Gasteiger partial charge on any atom is -0.490 e. The van der Waals surface area contributed by atoms with Gasteiger partial charge in [0.15, 0.2) is 17.5 Å². The van der Waals surface area contributed by atoms with Crippen LogP contribution in [0.15, 0.2) is 53.5 Å². The Labute approximate surface area is 192 Å². The van der Waals surface area contributed by atoms with Crippen LogP contribution in [0.2, 0.25) is 0 Å². The molecule has 2 N–H and O–H groups in total. The van der Waals surface area contributed by atoms with Gasteiger partial charge in [0.05, 0.1) is 19.8 Å². The first-order valence-corrected chi connectivity index (χ1v) is 11.9. The molecule has 32 heavy (non-hydrogen) atoms. The topological polar surface area (TPSA) is 58.1 Å². The maximum absolute atomic E-state index is 5.96. The monoisotopic (exact) mass is 436 g/mol. The lowest BCUT2D eigenvalue weighted by Gasteiger charge is -2.38. The summed E-state index contributed by atoms with van der Waals surface area (Å²) in [6.45, 7) is 9.32. The Bertz CT molecular complexity index is 887. The van der Waals surface area contributed by atoms with Crippen LogP contribution in [-0.2, 0) is 13.1 Å². The van der Waals surface area contributed by atoms with Crippen LogP contribution < -0.4 is 20.1 Å². The molecule has 6 heteroatoms. The molecular weight excluding hydrogens is 400 g/mol. The number of hydrogen-bond donors (Lipinski definition) is 2. The van der Waals surface area contributed by atoms with E-state index in [1.807, 2.05) is 12.1 Å². The maximum Gasteiger partial charge on any atom is 0.191 e. The largest absolute Gasteiger partial charge is 0.490 e. The fourth-order valence-electron chi connectivity index (χ4n) is 4.46. The van der Waals surface area contributed by atoms with Gasteiger partial charge in [-0.15, -0.1) is 0 Å². The molecule has 2 heterocycles. The lowest BCUT2D eigenvalue weighted by Crippen LogP contribution is -2.51. The molecule has 2 atom stereocenters. The first-order chi connectivity index (χ1) is 15.7. The van der Waals surface area contributed by atoms with Gasteiger partial charge in [0, 0.05) is 43.7 Å². The molecule has 172 valence electrons. The Morgan fingerprint density at radius 2 is 1.94 bits per heavy atom. The summed E-state index contributed by atoms with van der Waals surface area (Å²) in [5.41, 5.74) is 2.45. The van der Waals surface area contributed by atoms with Crippen LogP contribution >= 0.6 is 0 Å². The zero-order valence-corrected chi connectivity index (χ0v) is 19.3. The van der Waals surface area contributed by atoms with Crippen LogP contribution in [0.1, 0.15) is 44.2 Å². The third-order valence-electron chi connectivity index (χ3n) is 6.19. The number of fused-ring (bicyclic) bond motifs is 1. The van der Waals surface area contributed by atoms with Gasteiger partial charge in [-0.05, 0) is 38.3 Å². The van der Waals surface area contributed by atoms with Gasteiger partial charge in [-0.3, -0.25) is 4.90 Å². The molecule has 0 radical (unpaired) electrons. The Balaban J connectivity index is 1.36. The van der Waals surface area contributed by atoms with Gasteiger partial charge in [0.2, 0.25) is 0 Å². The molecule has 0 aromatic heterocycles. The van der Waals surface area contributed by atoms with E-state index in [0.29, 0.717) is 31.8 Å². The molecule has 2 aliphatic rings. The van der Waals surface area contributed by atoms with Crippen molar-refractivity contribution >= 4 is 5.96 Å². The van der Waals surface area contributed by atoms with E-state index in [9.17, 15) is 0 Å². The SMILES string of the molecule is CCNC(=NCc1cccc2c1OCCCO2)NC1CCN(Cc2ccccc2)C(C)C1. The maximum atomic E-state index is 5.96. The first kappa shape index (κ1) is 22.5. The van der Waals surface area contributed by atoms with Crippen LogP contribution in [-0.4, -0.2) is 49.2 Å². The zero-order valence-electron chi connectivity index (χ0n) is 19.3. The fourth-order valence-corrected chi connectivity index (χ4v) is 4.46. The predicted octanol–water partition coefficient (Wildman–Crippen LogP) is 3.96. The Hall–Kier alpha value is -2.73. The van der Waals surface area contributed by atoms with Gasteiger partial charge >= 0.3 is 0 Å². The highest BCUT2D eigenvalue weighted by Crippen LogP contribution is 2.33. The molecule has 0 aliphatic carbocycles. The minimum atomic E-state index is 0.419. The normalized spacial score (nSPS) is 21.6. The van der Waals surface area contributed by atoms with Crippen molar-refractivity contribution in [1.29, 1.82) is 0 Å². The van der Waals surface area contributed by atoms with E-state index in [2.05, 4.69) is 65.8 Å². The standard InChI is InChI=1S/C26H36N4O2/c1-3-27-26(28-18-22-11-7-12-24-25(22)32-16-8-15-31-24)29-23-13-14-30(20(2)17-23)19-21-9-5-4-6-10-21/h4-7,9-12,20,23H,3,8,13-19H2,1-2H3,(H2,27,28,29). The number of para-hydroxylation sites is 1. The van der Waals surface area contributed by atoms with E-state index in [-0.39, 0.29) is 0 Å². The fraction of sp³-hybridized carbons (Fsp3) is 0.500. The van der Waals surface area contributed by atoms with E-state index in [0.717, 1.165) is 61.9 Å². The summed E-state index contributed by atoms with van der Waals surface area (Å²) in [4.78, 5) is 7.45. The van der Waals surface area contributed by atoms with Crippen LogP contribution in [0, 0.1) is 0 Å². The van der Waals surface area contributed by atoms with Gasteiger partial charge in [0.1, 0.15) is 0 Å². The molecule has 0 saturated carbocycles. The molecule has 2 aromatic carbocycles. The van der Waals surface area contributed by atoms with Crippen molar-refractivity contribution < 1.29 is 9.47 Å². The van der Waals surface area contributed by atoms with E-state index in [1.54, 1.807) is 0 Å². The number of aliphatic imine (C=N–C) groups is 1. The second-order valence-electron chi connectivity index (χ2n) is 8.66. The number of piperidine rings is 1. The van der Waals surface area contributed by atoms with Gasteiger partial charge in [-0.25, -0.2) is 4.99 Å². The molecule has 0 bridgehead atoms. The summed E-state index contributed by atoms with van der Waals surface area (Å²) in [5.74, 6) is 2.54. The average molecular weight is 437 g/mol. The quantitative estimate of drug-likeness (QED) is 0.530. The summed E-state index contributed by atoms with van der Waals surface area (Å²) in [6, 6.07) is 17.8. The van der Waals surface area contributed by atoms with Crippen LogP contribution in [0.5, 0.6) is 11.5 Å². The van der Waals surface area contributed by atoms with Crippen LogP contribution in [0.3, 0.4) is 0 Å². The van der Waals surface area contributed by atoms with E-state index in [1.165, 1.54) is 5.56 Å². The Kier molecular flexibility index (Phi) is 7.88. The molecule has 4 rings (SSSR count). The molecule has 2 aliphatic heterocycles. The minimum absolute atomic E-state index is 0.419. The smallest absolute Gasteiger partial charge is 0.191 e. The average Bonchev–Trinajstić information content (AvgIpc) is 3.06. The zero-order chi connectivity index (χ0) is 22.2. The molecule has 6 nitrogen and oxygen atoms in total. The van der Waals surface area contributed by atoms with Crippen molar-refractivity contribution in [1.82, 2.24) is 15.5 Å². The van der Waals surface area contributed by atoms with Crippen molar-refractivity contribution in [2.45, 2.75) is 58.3 Å². The second kappa shape index (κ2) is 11.2. The summed E-state index contributed by atoms with van der Waals surface area (Å²) in [5, 5.41) is 7.09. The number of rotatable bonds is 6. The Morgan fingerprint density at radius 1 is 1.09 bits per heavy atom. The van der Waals surface area contributed by atoms with E-state index in [4.69, 9.17) is 14.5 Å². The second-order valence-corrected chi connectivity index (χ2v) is 8.66. The summed E-state index contributed by atoms with van der Waals surface area (Å²) < 4.78 is 11.8. The van der Waals surface area contributed by atoms with Crippen molar-refractivity contribution in [2.75, 3.05) is 26.3 Å². The molecule has 1 fully saturated rings. The number of likely N-dealkylation sites (tertiary alicyclic amines) is 1. The van der Waals surface area contributed by atoms with Gasteiger partial charge in [-0.2, -0.15) is 0 Å². The lowest BCUT2D eigenvalue weighted by atomic mass is 9.97. The summed E-state index contributed by atoms with van der Waals surface area (Å²) >= 11 is 0. The molecule has 2 unspecified atom stereocenters. The number of guanidine groups is 1. The first-order valence-electron chi connectivity index (χ1n) is 11.9. The molecule has 2 aromatic rings. The highest BCUT2D eigenvalue weighted by molar-refractivity contribution is 5.80.